The molecule has 0 atom stereocenters. The third-order valence-corrected chi connectivity index (χ3v) is 3.82. The molecule has 0 unspecified atom stereocenters. The fraction of sp³-hybridized carbons (Fsp3) is 0.0556. The fourth-order valence-corrected chi connectivity index (χ4v) is 2.73. The molecule has 0 aliphatic heterocycles. The normalized spacial score (nSPS) is 11.0. The minimum atomic E-state index is 0.856. The summed E-state index contributed by atoms with van der Waals surface area (Å²) in [6.45, 7) is 0. The molecule has 0 radical (unpaired) electrons. The fourth-order valence-electron chi connectivity index (χ4n) is 2.73. The lowest BCUT2D eigenvalue weighted by molar-refractivity contribution is 0.416. The van der Waals surface area contributed by atoms with Crippen LogP contribution >= 0.6 is 0 Å². The monoisotopic (exact) mass is 289 g/mol. The summed E-state index contributed by atoms with van der Waals surface area (Å²) in [6.07, 6.45) is 7.87. The number of aromatic nitrogens is 3. The predicted octanol–water partition coefficient (Wildman–Crippen LogP) is 4.03. The SMILES string of the molecule is COc1ccccc1-c1c[nH]c2ncc(-n3cccc3)cc12. The van der Waals surface area contributed by atoms with Gasteiger partial charge in [-0.15, -0.1) is 0 Å². The number of fused-ring (bicyclic) bond motifs is 1. The number of hydrogen-bond donors (Lipinski definition) is 1. The van der Waals surface area contributed by atoms with Crippen LogP contribution in [0.15, 0.2) is 67.3 Å². The zero-order chi connectivity index (χ0) is 14.9. The van der Waals surface area contributed by atoms with Crippen molar-refractivity contribution in [1.82, 2.24) is 14.5 Å². The van der Waals surface area contributed by atoms with E-state index in [0.29, 0.717) is 0 Å². The van der Waals surface area contributed by atoms with Gasteiger partial charge in [-0.1, -0.05) is 18.2 Å². The van der Waals surface area contributed by atoms with Crippen molar-refractivity contribution in [3.05, 3.63) is 67.3 Å². The van der Waals surface area contributed by atoms with Gasteiger partial charge in [0.2, 0.25) is 0 Å². The summed E-state index contributed by atoms with van der Waals surface area (Å²) in [5.74, 6) is 0.856. The molecule has 0 fully saturated rings. The van der Waals surface area contributed by atoms with E-state index in [1.54, 1.807) is 7.11 Å². The minimum absolute atomic E-state index is 0.856. The van der Waals surface area contributed by atoms with Crippen molar-refractivity contribution in [3.8, 4) is 22.6 Å². The number of rotatable bonds is 3. The van der Waals surface area contributed by atoms with Crippen molar-refractivity contribution in [3.63, 3.8) is 0 Å². The predicted molar refractivity (Wildman–Crippen MR) is 87.4 cm³/mol. The van der Waals surface area contributed by atoms with Crippen molar-refractivity contribution in [1.29, 1.82) is 0 Å². The Morgan fingerprint density at radius 1 is 1.05 bits per heavy atom. The van der Waals surface area contributed by atoms with Crippen LogP contribution in [0.5, 0.6) is 5.75 Å². The van der Waals surface area contributed by atoms with E-state index in [1.165, 1.54) is 0 Å². The van der Waals surface area contributed by atoms with Crippen LogP contribution in [0.1, 0.15) is 0 Å². The number of ether oxygens (including phenoxy) is 1. The summed E-state index contributed by atoms with van der Waals surface area (Å²) in [6, 6.07) is 14.2. The molecular weight excluding hydrogens is 274 g/mol. The number of hydrogen-bond acceptors (Lipinski definition) is 2. The molecule has 4 rings (SSSR count). The molecule has 0 bridgehead atoms. The van der Waals surface area contributed by atoms with Crippen LogP contribution in [0.2, 0.25) is 0 Å². The van der Waals surface area contributed by atoms with Crippen molar-refractivity contribution in [2.75, 3.05) is 7.11 Å². The average Bonchev–Trinajstić information content (AvgIpc) is 3.23. The molecule has 0 saturated carbocycles. The number of H-pyrrole nitrogens is 1. The molecule has 3 heterocycles. The number of pyridine rings is 1. The molecule has 1 N–H and O–H groups in total. The molecular formula is C18H15N3O. The van der Waals surface area contributed by atoms with Gasteiger partial charge in [0, 0.05) is 35.1 Å². The maximum atomic E-state index is 5.48. The second-order valence-corrected chi connectivity index (χ2v) is 5.08. The molecule has 22 heavy (non-hydrogen) atoms. The van der Waals surface area contributed by atoms with Gasteiger partial charge in [0.05, 0.1) is 19.0 Å². The van der Waals surface area contributed by atoms with Crippen molar-refractivity contribution >= 4 is 11.0 Å². The molecule has 108 valence electrons. The maximum absolute atomic E-state index is 5.48. The van der Waals surface area contributed by atoms with Crippen LogP contribution in [0.3, 0.4) is 0 Å². The van der Waals surface area contributed by atoms with Gasteiger partial charge in [-0.25, -0.2) is 4.98 Å². The molecule has 4 nitrogen and oxygen atoms in total. The third-order valence-electron chi connectivity index (χ3n) is 3.82. The molecule has 1 aromatic carbocycles. The highest BCUT2D eigenvalue weighted by molar-refractivity contribution is 5.96. The quantitative estimate of drug-likeness (QED) is 0.619. The molecule has 4 aromatic rings. The standard InChI is InChI=1S/C18H15N3O/c1-22-17-7-3-2-6-14(17)16-12-20-18-15(16)10-13(11-19-18)21-8-4-5-9-21/h2-12H,1H3,(H,19,20). The Kier molecular flexibility index (Phi) is 2.93. The highest BCUT2D eigenvalue weighted by Gasteiger charge is 2.12. The Morgan fingerprint density at radius 3 is 2.68 bits per heavy atom. The second kappa shape index (κ2) is 5.07. The Balaban J connectivity index is 1.93. The van der Waals surface area contributed by atoms with Gasteiger partial charge in [0.25, 0.3) is 0 Å². The van der Waals surface area contributed by atoms with E-state index >= 15 is 0 Å². The number of nitrogens with one attached hydrogen (secondary N) is 1. The van der Waals surface area contributed by atoms with Gasteiger partial charge in [-0.2, -0.15) is 0 Å². The van der Waals surface area contributed by atoms with Crippen LogP contribution in [0.25, 0.3) is 27.8 Å². The first kappa shape index (κ1) is 12.7. The van der Waals surface area contributed by atoms with E-state index < -0.39 is 0 Å². The summed E-state index contributed by atoms with van der Waals surface area (Å²) in [7, 11) is 1.69. The van der Waals surface area contributed by atoms with Crippen molar-refractivity contribution in [2.24, 2.45) is 0 Å². The van der Waals surface area contributed by atoms with Gasteiger partial charge in [-0.05, 0) is 24.3 Å². The van der Waals surface area contributed by atoms with E-state index in [1.807, 2.05) is 59.7 Å². The Labute approximate surface area is 128 Å². The summed E-state index contributed by atoms with van der Waals surface area (Å²) >= 11 is 0. The van der Waals surface area contributed by atoms with Crippen LogP contribution in [0.4, 0.5) is 0 Å². The zero-order valence-corrected chi connectivity index (χ0v) is 12.2. The lowest BCUT2D eigenvalue weighted by Crippen LogP contribution is -1.91. The zero-order valence-electron chi connectivity index (χ0n) is 12.2. The van der Waals surface area contributed by atoms with E-state index in [-0.39, 0.29) is 0 Å². The summed E-state index contributed by atoms with van der Waals surface area (Å²) < 4.78 is 7.53. The number of aromatic amines is 1. The van der Waals surface area contributed by atoms with Gasteiger partial charge in [0.1, 0.15) is 11.4 Å². The van der Waals surface area contributed by atoms with Crippen LogP contribution in [-0.4, -0.2) is 21.6 Å². The molecule has 0 amide bonds. The number of nitrogens with zero attached hydrogens (tertiary/aromatic N) is 2. The van der Waals surface area contributed by atoms with Gasteiger partial charge in [-0.3, -0.25) is 0 Å². The first-order chi connectivity index (χ1) is 10.9. The van der Waals surface area contributed by atoms with E-state index in [9.17, 15) is 0 Å². The first-order valence-corrected chi connectivity index (χ1v) is 7.10. The lowest BCUT2D eigenvalue weighted by Gasteiger charge is -2.08. The lowest BCUT2D eigenvalue weighted by atomic mass is 10.0. The Hall–Kier alpha value is -3.01. The van der Waals surface area contributed by atoms with Gasteiger partial charge < -0.3 is 14.3 Å². The minimum Gasteiger partial charge on any atom is -0.496 e. The van der Waals surface area contributed by atoms with E-state index in [4.69, 9.17) is 4.74 Å². The summed E-state index contributed by atoms with van der Waals surface area (Å²) in [4.78, 5) is 7.76. The molecule has 0 spiro atoms. The largest absolute Gasteiger partial charge is 0.496 e. The average molecular weight is 289 g/mol. The first-order valence-electron chi connectivity index (χ1n) is 7.10. The Bertz CT molecular complexity index is 923. The van der Waals surface area contributed by atoms with E-state index in [2.05, 4.69) is 22.1 Å². The van der Waals surface area contributed by atoms with Crippen molar-refractivity contribution in [2.45, 2.75) is 0 Å². The third kappa shape index (κ3) is 1.97. The van der Waals surface area contributed by atoms with Crippen molar-refractivity contribution < 1.29 is 4.74 Å². The molecule has 4 heteroatoms. The molecule has 0 aliphatic rings. The summed E-state index contributed by atoms with van der Waals surface area (Å²) in [5, 5.41) is 1.08. The molecule has 3 aromatic heterocycles. The number of para-hydroxylation sites is 1. The van der Waals surface area contributed by atoms with E-state index in [0.717, 1.165) is 33.6 Å². The highest BCUT2D eigenvalue weighted by atomic mass is 16.5. The van der Waals surface area contributed by atoms with Gasteiger partial charge >= 0.3 is 0 Å². The number of methoxy groups -OCH3 is 1. The highest BCUT2D eigenvalue weighted by Crippen LogP contribution is 2.34. The second-order valence-electron chi connectivity index (χ2n) is 5.08. The number of benzene rings is 1. The maximum Gasteiger partial charge on any atom is 0.138 e. The smallest absolute Gasteiger partial charge is 0.138 e. The van der Waals surface area contributed by atoms with Crippen LogP contribution < -0.4 is 4.74 Å². The van der Waals surface area contributed by atoms with Gasteiger partial charge in [0.15, 0.2) is 0 Å². The van der Waals surface area contributed by atoms with Crippen LogP contribution in [-0.2, 0) is 0 Å². The molecule has 0 aliphatic carbocycles. The van der Waals surface area contributed by atoms with Crippen LogP contribution in [0, 0.1) is 0 Å². The Morgan fingerprint density at radius 2 is 1.86 bits per heavy atom. The topological polar surface area (TPSA) is 42.8 Å². The molecule has 0 saturated heterocycles. The summed E-state index contributed by atoms with van der Waals surface area (Å²) in [5.41, 5.74) is 4.06.